The molecule has 6 nitrogen and oxygen atoms in total. The summed E-state index contributed by atoms with van der Waals surface area (Å²) in [5.41, 5.74) is 4.40. The third-order valence-electron chi connectivity index (χ3n) is 6.41. The number of ketones is 1. The fraction of sp³-hybridized carbons (Fsp3) is 0.290. The van der Waals surface area contributed by atoms with Gasteiger partial charge in [0.2, 0.25) is 0 Å². The Balaban J connectivity index is 1.91. The summed E-state index contributed by atoms with van der Waals surface area (Å²) in [5, 5.41) is 11.6. The van der Waals surface area contributed by atoms with Crippen LogP contribution in [0, 0.1) is 26.7 Å². The first-order chi connectivity index (χ1) is 17.6. The second-order valence-corrected chi connectivity index (χ2v) is 9.94. The van der Waals surface area contributed by atoms with Crippen molar-refractivity contribution >= 4 is 23.1 Å². The van der Waals surface area contributed by atoms with E-state index in [9.17, 15) is 14.7 Å². The van der Waals surface area contributed by atoms with E-state index in [1.807, 2.05) is 75.4 Å². The molecular formula is C31H33NO5. The number of aliphatic hydroxyl groups is 1. The molecular weight excluding hydrogens is 466 g/mol. The van der Waals surface area contributed by atoms with Gasteiger partial charge >= 0.3 is 0 Å². The monoisotopic (exact) mass is 499 g/mol. The zero-order chi connectivity index (χ0) is 26.9. The topological polar surface area (TPSA) is 76.1 Å². The zero-order valence-corrected chi connectivity index (χ0v) is 22.2. The van der Waals surface area contributed by atoms with Crippen molar-refractivity contribution in [1.29, 1.82) is 0 Å². The molecule has 0 spiro atoms. The number of aryl methyl sites for hydroxylation is 3. The molecule has 1 atom stereocenters. The predicted molar refractivity (Wildman–Crippen MR) is 145 cm³/mol. The van der Waals surface area contributed by atoms with Crippen LogP contribution in [0.1, 0.15) is 47.7 Å². The van der Waals surface area contributed by atoms with E-state index in [0.717, 1.165) is 16.7 Å². The van der Waals surface area contributed by atoms with E-state index in [-0.39, 0.29) is 11.3 Å². The van der Waals surface area contributed by atoms with Gasteiger partial charge in [-0.1, -0.05) is 49.7 Å². The number of amides is 1. The van der Waals surface area contributed by atoms with E-state index in [1.54, 1.807) is 6.07 Å². The maximum Gasteiger partial charge on any atom is 0.300 e. The summed E-state index contributed by atoms with van der Waals surface area (Å²) in [6, 6.07) is 17.6. The molecule has 0 saturated carbocycles. The number of ether oxygens (including phenoxy) is 2. The van der Waals surface area contributed by atoms with E-state index < -0.39 is 17.7 Å². The third kappa shape index (κ3) is 5.10. The minimum Gasteiger partial charge on any atom is -0.507 e. The zero-order valence-electron chi connectivity index (χ0n) is 22.2. The molecule has 1 aliphatic heterocycles. The summed E-state index contributed by atoms with van der Waals surface area (Å²) in [7, 11) is 1.52. The predicted octanol–water partition coefficient (Wildman–Crippen LogP) is 6.28. The molecule has 1 amide bonds. The molecule has 3 aromatic rings. The van der Waals surface area contributed by atoms with Crippen molar-refractivity contribution in [3.8, 4) is 11.5 Å². The van der Waals surface area contributed by atoms with Crippen LogP contribution < -0.4 is 14.4 Å². The molecule has 0 bridgehead atoms. The van der Waals surface area contributed by atoms with Crippen molar-refractivity contribution in [2.24, 2.45) is 5.92 Å². The summed E-state index contributed by atoms with van der Waals surface area (Å²) >= 11 is 0. The Morgan fingerprint density at radius 1 is 0.946 bits per heavy atom. The molecule has 1 heterocycles. The lowest BCUT2D eigenvalue weighted by molar-refractivity contribution is -0.132. The molecule has 37 heavy (non-hydrogen) atoms. The number of carbonyl (C=O) groups is 2. The standard InChI is InChI=1S/C31H33NO5/c1-18(2)17-37-24-13-9-22(10-14-24)27-26(28(33)25-16-20(4)15-21(5)30(25)36-6)29(34)31(35)32(27)23-11-7-19(3)8-12-23/h7-16,18,27,33H,17H2,1-6H3/b28-26+. The number of methoxy groups -OCH3 is 1. The SMILES string of the molecule is COc1c(C)cc(C)cc1/C(O)=C1\C(=O)C(=O)N(c2ccc(C)cc2)C1c1ccc(OCC(C)C)cc1. The van der Waals surface area contributed by atoms with Gasteiger partial charge in [-0.15, -0.1) is 0 Å². The Bertz CT molecular complexity index is 1350. The molecule has 1 aliphatic rings. The highest BCUT2D eigenvalue weighted by Crippen LogP contribution is 2.44. The van der Waals surface area contributed by atoms with E-state index in [0.29, 0.717) is 40.8 Å². The number of hydrogen-bond donors (Lipinski definition) is 1. The Kier molecular flexibility index (Phi) is 7.39. The lowest BCUT2D eigenvalue weighted by Gasteiger charge is -2.26. The Morgan fingerprint density at radius 2 is 1.59 bits per heavy atom. The van der Waals surface area contributed by atoms with Gasteiger partial charge in [-0.2, -0.15) is 0 Å². The first kappa shape index (κ1) is 26.0. The minimum absolute atomic E-state index is 0.0183. The first-order valence-electron chi connectivity index (χ1n) is 12.4. The van der Waals surface area contributed by atoms with Crippen LogP contribution in [-0.4, -0.2) is 30.5 Å². The fourth-order valence-electron chi connectivity index (χ4n) is 4.68. The molecule has 1 saturated heterocycles. The molecule has 0 aromatic heterocycles. The highest BCUT2D eigenvalue weighted by atomic mass is 16.5. The smallest absolute Gasteiger partial charge is 0.300 e. The van der Waals surface area contributed by atoms with Crippen molar-refractivity contribution < 1.29 is 24.2 Å². The van der Waals surface area contributed by atoms with E-state index >= 15 is 0 Å². The number of aliphatic hydroxyl groups excluding tert-OH is 1. The summed E-state index contributed by atoms with van der Waals surface area (Å²) in [5.74, 6) is -0.174. The van der Waals surface area contributed by atoms with Gasteiger partial charge in [0.1, 0.15) is 17.3 Å². The summed E-state index contributed by atoms with van der Waals surface area (Å²) in [4.78, 5) is 28.4. The van der Waals surface area contributed by atoms with Gasteiger partial charge in [-0.3, -0.25) is 14.5 Å². The van der Waals surface area contributed by atoms with Crippen LogP contribution in [0.3, 0.4) is 0 Å². The molecule has 0 aliphatic carbocycles. The minimum atomic E-state index is -0.827. The van der Waals surface area contributed by atoms with Gasteiger partial charge in [0, 0.05) is 5.69 Å². The van der Waals surface area contributed by atoms with Crippen molar-refractivity contribution in [2.45, 2.75) is 40.7 Å². The molecule has 6 heteroatoms. The van der Waals surface area contributed by atoms with Crippen LogP contribution >= 0.6 is 0 Å². The fourth-order valence-corrected chi connectivity index (χ4v) is 4.68. The Hall–Kier alpha value is -4.06. The molecule has 3 aromatic carbocycles. The number of benzene rings is 3. The van der Waals surface area contributed by atoms with Gasteiger partial charge in [-0.05, 0) is 73.7 Å². The van der Waals surface area contributed by atoms with Gasteiger partial charge in [0.05, 0.1) is 30.9 Å². The van der Waals surface area contributed by atoms with Gasteiger partial charge in [0.15, 0.2) is 0 Å². The van der Waals surface area contributed by atoms with Crippen LogP contribution in [0.15, 0.2) is 66.2 Å². The highest BCUT2D eigenvalue weighted by Gasteiger charge is 2.47. The van der Waals surface area contributed by atoms with Crippen LogP contribution in [0.2, 0.25) is 0 Å². The number of hydrogen-bond acceptors (Lipinski definition) is 5. The van der Waals surface area contributed by atoms with Crippen LogP contribution in [0.25, 0.3) is 5.76 Å². The van der Waals surface area contributed by atoms with Crippen LogP contribution in [0.5, 0.6) is 11.5 Å². The summed E-state index contributed by atoms with van der Waals surface area (Å²) < 4.78 is 11.4. The van der Waals surface area contributed by atoms with E-state index in [1.165, 1.54) is 12.0 Å². The normalized spacial score (nSPS) is 16.9. The number of Topliss-reactive ketones (excluding diaryl/α,β-unsaturated/α-hetero) is 1. The van der Waals surface area contributed by atoms with Gasteiger partial charge < -0.3 is 14.6 Å². The van der Waals surface area contributed by atoms with Crippen molar-refractivity contribution in [1.82, 2.24) is 0 Å². The molecule has 4 rings (SSSR count). The van der Waals surface area contributed by atoms with Crippen LogP contribution in [-0.2, 0) is 9.59 Å². The first-order valence-corrected chi connectivity index (χ1v) is 12.4. The van der Waals surface area contributed by atoms with Crippen molar-refractivity contribution in [3.63, 3.8) is 0 Å². The summed E-state index contributed by atoms with van der Waals surface area (Å²) in [6.45, 7) is 10.5. The Morgan fingerprint density at radius 3 is 2.19 bits per heavy atom. The maximum absolute atomic E-state index is 13.5. The largest absolute Gasteiger partial charge is 0.507 e. The number of anilines is 1. The molecule has 0 radical (unpaired) electrons. The number of carbonyl (C=O) groups excluding carboxylic acids is 2. The van der Waals surface area contributed by atoms with Gasteiger partial charge in [-0.25, -0.2) is 0 Å². The quantitative estimate of drug-likeness (QED) is 0.235. The molecule has 192 valence electrons. The Labute approximate surface area is 218 Å². The highest BCUT2D eigenvalue weighted by molar-refractivity contribution is 6.51. The average molecular weight is 500 g/mol. The number of rotatable bonds is 7. The lowest BCUT2D eigenvalue weighted by Crippen LogP contribution is -2.29. The maximum atomic E-state index is 13.5. The second-order valence-electron chi connectivity index (χ2n) is 9.94. The molecule has 1 N–H and O–H groups in total. The average Bonchev–Trinajstić information content (AvgIpc) is 3.13. The second kappa shape index (κ2) is 10.5. The van der Waals surface area contributed by atoms with Gasteiger partial charge in [0.25, 0.3) is 11.7 Å². The number of nitrogens with zero attached hydrogens (tertiary/aromatic N) is 1. The third-order valence-corrected chi connectivity index (χ3v) is 6.41. The lowest BCUT2D eigenvalue weighted by atomic mass is 9.93. The molecule has 1 fully saturated rings. The van der Waals surface area contributed by atoms with E-state index in [4.69, 9.17) is 9.47 Å². The molecule has 1 unspecified atom stereocenters. The van der Waals surface area contributed by atoms with Crippen molar-refractivity contribution in [2.75, 3.05) is 18.6 Å². The van der Waals surface area contributed by atoms with Crippen LogP contribution in [0.4, 0.5) is 5.69 Å². The van der Waals surface area contributed by atoms with E-state index in [2.05, 4.69) is 13.8 Å². The summed E-state index contributed by atoms with van der Waals surface area (Å²) in [6.07, 6.45) is 0. The van der Waals surface area contributed by atoms with Crippen molar-refractivity contribution in [3.05, 3.63) is 94.1 Å².